The quantitative estimate of drug-likeness (QED) is 0.664. The third kappa shape index (κ3) is 3.55. The number of thioether (sulfide) groups is 1. The van der Waals surface area contributed by atoms with Crippen LogP contribution in [0.2, 0.25) is 5.02 Å². The molecule has 3 rings (SSSR count). The zero-order valence-electron chi connectivity index (χ0n) is 12.4. The monoisotopic (exact) mass is 340 g/mol. The van der Waals surface area contributed by atoms with Gasteiger partial charge in [-0.15, -0.1) is 10.2 Å². The van der Waals surface area contributed by atoms with E-state index in [-0.39, 0.29) is 0 Å². The van der Waals surface area contributed by atoms with E-state index in [1.807, 2.05) is 54.1 Å². The normalized spacial score (nSPS) is 10.5. The highest BCUT2D eigenvalue weighted by atomic mass is 35.5. The molecule has 0 saturated heterocycles. The molecule has 6 heteroatoms. The zero-order chi connectivity index (χ0) is 16.2. The second-order valence-electron chi connectivity index (χ2n) is 4.98. The lowest BCUT2D eigenvalue weighted by Crippen LogP contribution is -1.95. The van der Waals surface area contributed by atoms with Crippen molar-refractivity contribution < 1.29 is 0 Å². The molecule has 23 heavy (non-hydrogen) atoms. The summed E-state index contributed by atoms with van der Waals surface area (Å²) in [5.74, 6) is 1.51. The van der Waals surface area contributed by atoms with Gasteiger partial charge in [0, 0.05) is 23.4 Å². The highest BCUT2D eigenvalue weighted by Crippen LogP contribution is 2.26. The van der Waals surface area contributed by atoms with Gasteiger partial charge in [0.15, 0.2) is 11.0 Å². The Bertz CT molecular complexity index is 882. The van der Waals surface area contributed by atoms with Gasteiger partial charge >= 0.3 is 0 Å². The Balaban J connectivity index is 1.78. The van der Waals surface area contributed by atoms with E-state index in [4.69, 9.17) is 16.9 Å². The lowest BCUT2D eigenvalue weighted by Gasteiger charge is -2.04. The van der Waals surface area contributed by atoms with Gasteiger partial charge in [0.2, 0.25) is 0 Å². The Hall–Kier alpha value is -2.29. The lowest BCUT2D eigenvalue weighted by atomic mass is 10.2. The molecule has 0 atom stereocenters. The second-order valence-corrected chi connectivity index (χ2v) is 6.36. The molecule has 0 aliphatic rings. The van der Waals surface area contributed by atoms with Gasteiger partial charge in [-0.25, -0.2) is 0 Å². The van der Waals surface area contributed by atoms with Crippen LogP contribution in [-0.4, -0.2) is 14.8 Å². The fraction of sp³-hybridized carbons (Fsp3) is 0.118. The summed E-state index contributed by atoms with van der Waals surface area (Å²) in [4.78, 5) is 0. The van der Waals surface area contributed by atoms with Gasteiger partial charge in [-0.05, 0) is 29.8 Å². The molecule has 3 aromatic rings. The Morgan fingerprint density at radius 1 is 1.17 bits per heavy atom. The summed E-state index contributed by atoms with van der Waals surface area (Å²) in [6.45, 7) is 0. The topological polar surface area (TPSA) is 54.5 Å². The number of nitriles is 1. The van der Waals surface area contributed by atoms with Gasteiger partial charge in [0.1, 0.15) is 0 Å². The fourth-order valence-electron chi connectivity index (χ4n) is 2.20. The van der Waals surface area contributed by atoms with Gasteiger partial charge in [-0.3, -0.25) is 0 Å². The smallest absolute Gasteiger partial charge is 0.191 e. The first kappa shape index (κ1) is 15.6. The van der Waals surface area contributed by atoms with E-state index in [0.717, 1.165) is 27.9 Å². The molecule has 1 aromatic heterocycles. The highest BCUT2D eigenvalue weighted by molar-refractivity contribution is 7.98. The van der Waals surface area contributed by atoms with Gasteiger partial charge in [-0.1, -0.05) is 47.6 Å². The number of hydrogen-bond donors (Lipinski definition) is 0. The second kappa shape index (κ2) is 6.86. The van der Waals surface area contributed by atoms with Crippen LogP contribution in [0.25, 0.3) is 11.4 Å². The molecule has 0 saturated carbocycles. The molecule has 0 unspecified atom stereocenters. The maximum Gasteiger partial charge on any atom is 0.191 e. The first-order valence-corrected chi connectivity index (χ1v) is 8.31. The van der Waals surface area contributed by atoms with E-state index in [0.29, 0.717) is 10.6 Å². The molecule has 0 spiro atoms. The fourth-order valence-corrected chi connectivity index (χ4v) is 3.24. The predicted molar refractivity (Wildman–Crippen MR) is 92.2 cm³/mol. The molecule has 0 aliphatic heterocycles. The number of benzene rings is 2. The first-order chi connectivity index (χ1) is 11.2. The van der Waals surface area contributed by atoms with Crippen molar-refractivity contribution in [2.45, 2.75) is 10.9 Å². The number of rotatable bonds is 4. The molecular formula is C17H13ClN4S. The summed E-state index contributed by atoms with van der Waals surface area (Å²) in [5, 5.41) is 18.9. The third-order valence-corrected chi connectivity index (χ3v) is 4.67. The van der Waals surface area contributed by atoms with Crippen molar-refractivity contribution in [2.24, 2.45) is 7.05 Å². The van der Waals surface area contributed by atoms with Crippen LogP contribution in [0.3, 0.4) is 0 Å². The summed E-state index contributed by atoms with van der Waals surface area (Å²) in [7, 11) is 1.93. The van der Waals surface area contributed by atoms with Crippen LogP contribution in [0.5, 0.6) is 0 Å². The molecule has 0 amide bonds. The Morgan fingerprint density at radius 3 is 2.78 bits per heavy atom. The maximum atomic E-state index is 8.95. The standard InChI is InChI=1S/C17H13ClN4S/c1-22-16(14-6-3-7-15(18)9-14)20-21-17(22)23-11-13-5-2-4-12(8-13)10-19/h2-9H,11H2,1H3. The molecular weight excluding hydrogens is 328 g/mol. The highest BCUT2D eigenvalue weighted by Gasteiger charge is 2.11. The van der Waals surface area contributed by atoms with E-state index >= 15 is 0 Å². The zero-order valence-corrected chi connectivity index (χ0v) is 14.0. The molecule has 2 aromatic carbocycles. The molecule has 0 aliphatic carbocycles. The van der Waals surface area contributed by atoms with Crippen LogP contribution < -0.4 is 0 Å². The number of halogens is 1. The Morgan fingerprint density at radius 2 is 2.00 bits per heavy atom. The maximum absolute atomic E-state index is 8.95. The molecule has 4 nitrogen and oxygen atoms in total. The van der Waals surface area contributed by atoms with Crippen LogP contribution in [0.4, 0.5) is 0 Å². The van der Waals surface area contributed by atoms with Crippen LogP contribution in [0.1, 0.15) is 11.1 Å². The summed E-state index contributed by atoms with van der Waals surface area (Å²) in [6, 6.07) is 17.3. The molecule has 0 radical (unpaired) electrons. The van der Waals surface area contributed by atoms with Crippen LogP contribution >= 0.6 is 23.4 Å². The van der Waals surface area contributed by atoms with Crippen molar-refractivity contribution in [1.82, 2.24) is 14.8 Å². The van der Waals surface area contributed by atoms with Crippen LogP contribution in [-0.2, 0) is 12.8 Å². The van der Waals surface area contributed by atoms with E-state index < -0.39 is 0 Å². The average molecular weight is 341 g/mol. The van der Waals surface area contributed by atoms with Crippen LogP contribution in [0.15, 0.2) is 53.7 Å². The number of aromatic nitrogens is 3. The van der Waals surface area contributed by atoms with Gasteiger partial charge in [-0.2, -0.15) is 5.26 Å². The molecule has 114 valence electrons. The van der Waals surface area contributed by atoms with E-state index in [1.54, 1.807) is 17.8 Å². The minimum Gasteiger partial charge on any atom is -0.305 e. The number of hydrogen-bond acceptors (Lipinski definition) is 4. The largest absolute Gasteiger partial charge is 0.305 e. The molecule has 1 heterocycles. The minimum absolute atomic E-state index is 0.667. The van der Waals surface area contributed by atoms with Crippen molar-refractivity contribution >= 4 is 23.4 Å². The van der Waals surface area contributed by atoms with Gasteiger partial charge in [0.25, 0.3) is 0 Å². The lowest BCUT2D eigenvalue weighted by molar-refractivity contribution is 0.794. The van der Waals surface area contributed by atoms with E-state index in [1.165, 1.54) is 0 Å². The summed E-state index contributed by atoms with van der Waals surface area (Å²) in [6.07, 6.45) is 0. The Kier molecular flexibility index (Phi) is 4.65. The minimum atomic E-state index is 0.667. The Labute approximate surface area is 143 Å². The third-order valence-electron chi connectivity index (χ3n) is 3.34. The van der Waals surface area contributed by atoms with E-state index in [9.17, 15) is 0 Å². The van der Waals surface area contributed by atoms with E-state index in [2.05, 4.69) is 16.3 Å². The van der Waals surface area contributed by atoms with Crippen molar-refractivity contribution in [3.63, 3.8) is 0 Å². The van der Waals surface area contributed by atoms with Gasteiger partial charge in [0.05, 0.1) is 11.6 Å². The average Bonchev–Trinajstić information content (AvgIpc) is 2.94. The van der Waals surface area contributed by atoms with Crippen molar-refractivity contribution in [3.8, 4) is 17.5 Å². The molecule has 0 fully saturated rings. The SMILES string of the molecule is Cn1c(SCc2cccc(C#N)c2)nnc1-c1cccc(Cl)c1. The van der Waals surface area contributed by atoms with Gasteiger partial charge < -0.3 is 4.57 Å². The first-order valence-electron chi connectivity index (χ1n) is 6.94. The predicted octanol–water partition coefficient (Wildman–Crippen LogP) is 4.30. The molecule has 0 N–H and O–H groups in total. The summed E-state index contributed by atoms with van der Waals surface area (Å²) < 4.78 is 1.95. The van der Waals surface area contributed by atoms with Crippen molar-refractivity contribution in [3.05, 3.63) is 64.7 Å². The molecule has 0 bridgehead atoms. The summed E-state index contributed by atoms with van der Waals surface area (Å²) in [5.41, 5.74) is 2.69. The number of nitrogens with zero attached hydrogens (tertiary/aromatic N) is 4. The summed E-state index contributed by atoms with van der Waals surface area (Å²) >= 11 is 7.62. The van der Waals surface area contributed by atoms with Crippen LogP contribution in [0, 0.1) is 11.3 Å². The van der Waals surface area contributed by atoms with Crippen molar-refractivity contribution in [2.75, 3.05) is 0 Å². The van der Waals surface area contributed by atoms with Crippen molar-refractivity contribution in [1.29, 1.82) is 5.26 Å².